The van der Waals surface area contributed by atoms with Gasteiger partial charge in [0, 0.05) is 44.7 Å². The monoisotopic (exact) mass is 494 g/mol. The summed E-state index contributed by atoms with van der Waals surface area (Å²) in [5.74, 6) is 0.101. The molecule has 37 heavy (non-hydrogen) atoms. The number of carbonyl (C=O) groups excluding carboxylic acids is 2. The summed E-state index contributed by atoms with van der Waals surface area (Å²) in [7, 11) is 0. The lowest BCUT2D eigenvalue weighted by atomic mass is 9.70. The number of likely N-dealkylation sites (tertiary alicyclic amines) is 1. The van der Waals surface area contributed by atoms with Crippen molar-refractivity contribution in [3.05, 3.63) is 101 Å². The summed E-state index contributed by atoms with van der Waals surface area (Å²) in [5, 5.41) is 9.62. The maximum absolute atomic E-state index is 13.4. The van der Waals surface area contributed by atoms with Crippen LogP contribution in [0.15, 0.2) is 79.1 Å². The molecule has 5 rings (SSSR count). The molecular formula is C30H30N4O3. The van der Waals surface area contributed by atoms with Gasteiger partial charge in [-0.05, 0) is 42.2 Å². The minimum Gasteiger partial charge on any atom is -0.440 e. The van der Waals surface area contributed by atoms with E-state index in [1.165, 1.54) is 0 Å². The molecule has 0 radical (unpaired) electrons. The van der Waals surface area contributed by atoms with E-state index in [0.717, 1.165) is 16.7 Å². The molecule has 2 aromatic carbocycles. The highest BCUT2D eigenvalue weighted by molar-refractivity contribution is 5.77. The first-order valence-corrected chi connectivity index (χ1v) is 12.7. The Morgan fingerprint density at radius 3 is 2.49 bits per heavy atom. The Bertz CT molecular complexity index is 1310. The summed E-state index contributed by atoms with van der Waals surface area (Å²) in [6.07, 6.45) is 5.28. The van der Waals surface area contributed by atoms with Crippen LogP contribution >= 0.6 is 0 Å². The van der Waals surface area contributed by atoms with Crippen molar-refractivity contribution in [3.8, 4) is 6.07 Å². The molecule has 0 aliphatic carbocycles. The van der Waals surface area contributed by atoms with E-state index in [1.807, 2.05) is 65.6 Å². The van der Waals surface area contributed by atoms with Crippen LogP contribution < -0.4 is 0 Å². The van der Waals surface area contributed by atoms with Gasteiger partial charge in [-0.1, -0.05) is 54.6 Å². The number of aryl methyl sites for hydroxylation is 1. The molecule has 1 aromatic heterocycles. The molecule has 2 saturated heterocycles. The number of hydrogen-bond donors (Lipinski definition) is 0. The zero-order valence-electron chi connectivity index (χ0n) is 21.0. The van der Waals surface area contributed by atoms with Crippen molar-refractivity contribution in [1.29, 1.82) is 5.26 Å². The van der Waals surface area contributed by atoms with E-state index < -0.39 is 17.2 Å². The van der Waals surface area contributed by atoms with Crippen LogP contribution in [-0.4, -0.2) is 45.5 Å². The van der Waals surface area contributed by atoms with Gasteiger partial charge in [0.25, 0.3) is 0 Å². The number of hydrogen-bond acceptors (Lipinski definition) is 5. The number of carbonyl (C=O) groups is 2. The predicted octanol–water partition coefficient (Wildman–Crippen LogP) is 4.81. The van der Waals surface area contributed by atoms with Gasteiger partial charge in [-0.25, -0.2) is 4.79 Å². The van der Waals surface area contributed by atoms with Crippen LogP contribution in [-0.2, 0) is 28.0 Å². The fourth-order valence-corrected chi connectivity index (χ4v) is 5.75. The van der Waals surface area contributed by atoms with Crippen LogP contribution in [0.5, 0.6) is 0 Å². The summed E-state index contributed by atoms with van der Waals surface area (Å²) in [4.78, 5) is 34.2. The standard InChI is InChI=1S/C30H30N4O3/c1-29(26-11-3-2-4-12-26)30(37-28(36)34(29)22-25-10-6-5-9-24(25)20-31)15-18-33(19-16-30)27(35)14-13-23-8-7-17-32-21-23/h2-12,17,21H,13-16,18-19,22H2,1H3. The number of aromatic nitrogens is 1. The van der Waals surface area contributed by atoms with Gasteiger partial charge in [0.1, 0.15) is 11.1 Å². The number of amides is 2. The molecule has 1 atom stereocenters. The Labute approximate surface area is 217 Å². The van der Waals surface area contributed by atoms with Crippen LogP contribution in [0.1, 0.15) is 48.4 Å². The fourth-order valence-electron chi connectivity index (χ4n) is 5.75. The third-order valence-electron chi connectivity index (χ3n) is 8.01. The van der Waals surface area contributed by atoms with E-state index in [-0.39, 0.29) is 12.5 Å². The van der Waals surface area contributed by atoms with Gasteiger partial charge < -0.3 is 9.64 Å². The Morgan fingerprint density at radius 2 is 1.78 bits per heavy atom. The highest BCUT2D eigenvalue weighted by Gasteiger charge is 2.63. The van der Waals surface area contributed by atoms with Crippen molar-refractivity contribution in [2.75, 3.05) is 13.1 Å². The number of nitrogens with zero attached hydrogens (tertiary/aromatic N) is 4. The quantitative estimate of drug-likeness (QED) is 0.491. The Hall–Kier alpha value is -4.18. The topological polar surface area (TPSA) is 86.5 Å². The molecule has 1 spiro atoms. The zero-order chi connectivity index (χ0) is 25.9. The molecule has 2 amide bonds. The van der Waals surface area contributed by atoms with E-state index in [9.17, 15) is 14.9 Å². The average Bonchev–Trinajstić information content (AvgIpc) is 3.15. The van der Waals surface area contributed by atoms with Crippen molar-refractivity contribution in [3.63, 3.8) is 0 Å². The average molecular weight is 495 g/mol. The third kappa shape index (κ3) is 4.44. The molecule has 1 unspecified atom stereocenters. The van der Waals surface area contributed by atoms with Gasteiger partial charge in [0.05, 0.1) is 18.2 Å². The lowest BCUT2D eigenvalue weighted by Crippen LogP contribution is -2.58. The second-order valence-corrected chi connectivity index (χ2v) is 9.90. The molecule has 0 N–H and O–H groups in total. The van der Waals surface area contributed by atoms with Crippen molar-refractivity contribution in [2.24, 2.45) is 0 Å². The van der Waals surface area contributed by atoms with Gasteiger partial charge in [-0.2, -0.15) is 5.26 Å². The number of pyridine rings is 1. The van der Waals surface area contributed by atoms with Crippen molar-refractivity contribution in [1.82, 2.24) is 14.8 Å². The van der Waals surface area contributed by atoms with Crippen LogP contribution in [0.2, 0.25) is 0 Å². The van der Waals surface area contributed by atoms with E-state index in [4.69, 9.17) is 4.74 Å². The van der Waals surface area contributed by atoms with E-state index in [1.54, 1.807) is 23.4 Å². The summed E-state index contributed by atoms with van der Waals surface area (Å²) in [6, 6.07) is 23.4. The second kappa shape index (κ2) is 10.1. The Kier molecular flexibility index (Phi) is 6.66. The number of piperidine rings is 1. The predicted molar refractivity (Wildman–Crippen MR) is 138 cm³/mol. The molecule has 188 valence electrons. The van der Waals surface area contributed by atoms with Crippen molar-refractivity contribution < 1.29 is 14.3 Å². The lowest BCUT2D eigenvalue weighted by molar-refractivity contribution is -0.137. The van der Waals surface area contributed by atoms with Crippen LogP contribution in [0, 0.1) is 11.3 Å². The zero-order valence-corrected chi connectivity index (χ0v) is 21.0. The molecular weight excluding hydrogens is 464 g/mol. The van der Waals surface area contributed by atoms with Gasteiger partial charge >= 0.3 is 6.09 Å². The van der Waals surface area contributed by atoms with Gasteiger partial charge in [-0.3, -0.25) is 14.7 Å². The van der Waals surface area contributed by atoms with Crippen LogP contribution in [0.3, 0.4) is 0 Å². The smallest absolute Gasteiger partial charge is 0.411 e. The first-order valence-electron chi connectivity index (χ1n) is 12.7. The van der Waals surface area contributed by atoms with Crippen molar-refractivity contribution in [2.45, 2.75) is 50.3 Å². The normalized spacial score (nSPS) is 20.5. The van der Waals surface area contributed by atoms with Crippen molar-refractivity contribution >= 4 is 12.0 Å². The first-order chi connectivity index (χ1) is 18.0. The summed E-state index contributed by atoms with van der Waals surface area (Å²) in [6.45, 7) is 3.36. The Morgan fingerprint density at radius 1 is 1.05 bits per heavy atom. The molecule has 2 aliphatic rings. The van der Waals surface area contributed by atoms with Crippen LogP contribution in [0.25, 0.3) is 0 Å². The largest absolute Gasteiger partial charge is 0.440 e. The highest BCUT2D eigenvalue weighted by Crippen LogP contribution is 2.52. The molecule has 2 fully saturated rings. The van der Waals surface area contributed by atoms with Crippen LogP contribution in [0.4, 0.5) is 4.79 Å². The lowest BCUT2D eigenvalue weighted by Gasteiger charge is -2.48. The third-order valence-corrected chi connectivity index (χ3v) is 8.01. The Balaban J connectivity index is 1.39. The van der Waals surface area contributed by atoms with Gasteiger partial charge in [-0.15, -0.1) is 0 Å². The molecule has 0 bridgehead atoms. The minimum absolute atomic E-state index is 0.101. The summed E-state index contributed by atoms with van der Waals surface area (Å²) >= 11 is 0. The summed E-state index contributed by atoms with van der Waals surface area (Å²) in [5.41, 5.74) is 1.79. The number of benzene rings is 2. The number of rotatable bonds is 6. The fraction of sp³-hybridized carbons (Fsp3) is 0.333. The van der Waals surface area contributed by atoms with E-state index >= 15 is 0 Å². The highest BCUT2D eigenvalue weighted by atomic mass is 16.6. The molecule has 7 heteroatoms. The van der Waals surface area contributed by atoms with E-state index in [2.05, 4.69) is 18.0 Å². The SMILES string of the molecule is CC1(c2ccccc2)N(Cc2ccccc2C#N)C(=O)OC12CCN(C(=O)CCc1cccnc1)CC2. The van der Waals surface area contributed by atoms with Gasteiger partial charge in [0.2, 0.25) is 5.91 Å². The number of ether oxygens (including phenoxy) is 1. The minimum atomic E-state index is -0.785. The maximum atomic E-state index is 13.4. The molecule has 3 aromatic rings. The molecule has 0 saturated carbocycles. The summed E-state index contributed by atoms with van der Waals surface area (Å²) < 4.78 is 6.23. The van der Waals surface area contributed by atoms with Gasteiger partial charge in [0.15, 0.2) is 0 Å². The molecule has 7 nitrogen and oxygen atoms in total. The number of nitriles is 1. The first kappa shape index (κ1) is 24.5. The molecule has 2 aliphatic heterocycles. The molecule has 3 heterocycles. The maximum Gasteiger partial charge on any atom is 0.411 e. The van der Waals surface area contributed by atoms with E-state index in [0.29, 0.717) is 44.3 Å². The second-order valence-electron chi connectivity index (χ2n) is 9.90.